The van der Waals surface area contributed by atoms with Gasteiger partial charge < -0.3 is 10.0 Å². The molecule has 1 rings (SSSR count). The second-order valence-corrected chi connectivity index (χ2v) is 4.61. The number of aliphatic carboxylic acids is 1. The van der Waals surface area contributed by atoms with Gasteiger partial charge in [0, 0.05) is 20.5 Å². The van der Waals surface area contributed by atoms with E-state index >= 15 is 0 Å². The van der Waals surface area contributed by atoms with Crippen molar-refractivity contribution in [3.8, 4) is 0 Å². The molecule has 0 radical (unpaired) electrons. The summed E-state index contributed by atoms with van der Waals surface area (Å²) < 4.78 is 0. The fourth-order valence-corrected chi connectivity index (χ4v) is 1.93. The molecule has 1 saturated heterocycles. The van der Waals surface area contributed by atoms with Crippen molar-refractivity contribution < 1.29 is 14.7 Å². The summed E-state index contributed by atoms with van der Waals surface area (Å²) in [6, 6.07) is 0. The average Bonchev–Trinajstić information content (AvgIpc) is 2.20. The van der Waals surface area contributed by atoms with Gasteiger partial charge in [0.2, 0.25) is 5.91 Å². The zero-order valence-corrected chi connectivity index (χ0v) is 9.98. The minimum Gasteiger partial charge on any atom is -0.481 e. The Balaban J connectivity index is 2.27. The Bertz CT molecular complexity index is 258. The van der Waals surface area contributed by atoms with Crippen LogP contribution in [0.5, 0.6) is 0 Å². The molecular formula is C11H20N2O3. The van der Waals surface area contributed by atoms with Crippen LogP contribution < -0.4 is 0 Å². The normalized spacial score (nSPS) is 18.4. The highest BCUT2D eigenvalue weighted by atomic mass is 16.4. The topological polar surface area (TPSA) is 60.9 Å². The average molecular weight is 228 g/mol. The van der Waals surface area contributed by atoms with E-state index in [0.717, 1.165) is 25.9 Å². The lowest BCUT2D eigenvalue weighted by molar-refractivity contribution is -0.139. The number of hydrogen-bond donors (Lipinski definition) is 1. The van der Waals surface area contributed by atoms with E-state index in [1.54, 1.807) is 19.0 Å². The van der Waals surface area contributed by atoms with Gasteiger partial charge in [0.1, 0.15) is 0 Å². The summed E-state index contributed by atoms with van der Waals surface area (Å²) in [6.07, 6.45) is 2.02. The van der Waals surface area contributed by atoms with Crippen LogP contribution in [0.15, 0.2) is 0 Å². The Labute approximate surface area is 96.0 Å². The van der Waals surface area contributed by atoms with Gasteiger partial charge in [-0.1, -0.05) is 0 Å². The summed E-state index contributed by atoms with van der Waals surface area (Å²) in [7, 11) is 3.50. The quantitative estimate of drug-likeness (QED) is 0.750. The monoisotopic (exact) mass is 228 g/mol. The lowest BCUT2D eigenvalue weighted by Crippen LogP contribution is -2.41. The molecule has 1 fully saturated rings. The van der Waals surface area contributed by atoms with Crippen molar-refractivity contribution in [2.45, 2.75) is 19.3 Å². The van der Waals surface area contributed by atoms with Crippen molar-refractivity contribution in [3.63, 3.8) is 0 Å². The molecule has 1 aliphatic rings. The standard InChI is InChI=1S/C11H20N2O3/c1-12(2)10(14)8-13-5-3-9(4-6-13)7-11(15)16/h9H,3-8H2,1-2H3,(H,15,16). The maximum Gasteiger partial charge on any atom is 0.303 e. The number of rotatable bonds is 4. The number of carbonyl (C=O) groups excluding carboxylic acids is 1. The first-order valence-corrected chi connectivity index (χ1v) is 5.63. The number of likely N-dealkylation sites (tertiary alicyclic amines) is 1. The third-order valence-corrected chi connectivity index (χ3v) is 3.03. The Morgan fingerprint density at radius 1 is 1.31 bits per heavy atom. The van der Waals surface area contributed by atoms with E-state index in [1.165, 1.54) is 0 Å². The Morgan fingerprint density at radius 3 is 2.31 bits per heavy atom. The Hall–Kier alpha value is -1.10. The lowest BCUT2D eigenvalue weighted by Gasteiger charge is -2.31. The smallest absolute Gasteiger partial charge is 0.303 e. The summed E-state index contributed by atoms with van der Waals surface area (Å²) in [6.45, 7) is 2.11. The minimum atomic E-state index is -0.720. The molecular weight excluding hydrogens is 208 g/mol. The number of carboxylic acid groups (broad SMARTS) is 1. The predicted octanol–water partition coefficient (Wildman–Crippen LogP) is 0.261. The van der Waals surface area contributed by atoms with Gasteiger partial charge in [0.05, 0.1) is 6.54 Å². The molecule has 1 N–H and O–H groups in total. The SMILES string of the molecule is CN(C)C(=O)CN1CCC(CC(=O)O)CC1. The zero-order chi connectivity index (χ0) is 12.1. The summed E-state index contributed by atoms with van der Waals surface area (Å²) in [4.78, 5) is 25.7. The van der Waals surface area contributed by atoms with Crippen LogP contribution in [0.4, 0.5) is 0 Å². The highest BCUT2D eigenvalue weighted by Crippen LogP contribution is 2.20. The molecule has 0 spiro atoms. The van der Waals surface area contributed by atoms with Crippen LogP contribution in [-0.4, -0.2) is 60.5 Å². The Kier molecular flexibility index (Phi) is 4.73. The van der Waals surface area contributed by atoms with Crippen molar-refractivity contribution >= 4 is 11.9 Å². The number of nitrogens with zero attached hydrogens (tertiary/aromatic N) is 2. The fourth-order valence-electron chi connectivity index (χ4n) is 1.93. The van der Waals surface area contributed by atoms with Crippen LogP contribution in [0, 0.1) is 5.92 Å². The molecule has 0 aliphatic carbocycles. The number of hydrogen-bond acceptors (Lipinski definition) is 3. The van der Waals surface area contributed by atoms with E-state index in [1.807, 2.05) is 0 Å². The van der Waals surface area contributed by atoms with Crippen molar-refractivity contribution in [2.24, 2.45) is 5.92 Å². The van der Waals surface area contributed by atoms with Gasteiger partial charge in [-0.25, -0.2) is 0 Å². The molecule has 92 valence electrons. The van der Waals surface area contributed by atoms with Gasteiger partial charge in [-0.15, -0.1) is 0 Å². The summed E-state index contributed by atoms with van der Waals surface area (Å²) in [5, 5.41) is 8.68. The van der Waals surface area contributed by atoms with Crippen molar-refractivity contribution in [3.05, 3.63) is 0 Å². The molecule has 0 atom stereocenters. The summed E-state index contributed by atoms with van der Waals surface area (Å²) in [5.74, 6) is -0.331. The molecule has 16 heavy (non-hydrogen) atoms. The van der Waals surface area contributed by atoms with Crippen LogP contribution in [0.3, 0.4) is 0 Å². The Morgan fingerprint density at radius 2 is 1.88 bits per heavy atom. The second kappa shape index (κ2) is 5.84. The third kappa shape index (κ3) is 4.18. The molecule has 5 heteroatoms. The first-order chi connectivity index (χ1) is 7.49. The maximum atomic E-state index is 11.5. The van der Waals surface area contributed by atoms with Crippen molar-refractivity contribution in [1.82, 2.24) is 9.80 Å². The molecule has 5 nitrogen and oxygen atoms in total. The van der Waals surface area contributed by atoms with Crippen LogP contribution in [0.2, 0.25) is 0 Å². The van der Waals surface area contributed by atoms with E-state index in [9.17, 15) is 9.59 Å². The van der Waals surface area contributed by atoms with Crippen LogP contribution in [-0.2, 0) is 9.59 Å². The highest BCUT2D eigenvalue weighted by Gasteiger charge is 2.22. The van der Waals surface area contributed by atoms with Gasteiger partial charge in [-0.05, 0) is 31.8 Å². The lowest BCUT2D eigenvalue weighted by atomic mass is 9.94. The minimum absolute atomic E-state index is 0.108. The van der Waals surface area contributed by atoms with Crippen LogP contribution in [0.1, 0.15) is 19.3 Å². The number of amides is 1. The van der Waals surface area contributed by atoms with Crippen LogP contribution >= 0.6 is 0 Å². The van der Waals surface area contributed by atoms with Gasteiger partial charge in [0.15, 0.2) is 0 Å². The van der Waals surface area contributed by atoms with Crippen LogP contribution in [0.25, 0.3) is 0 Å². The number of piperidine rings is 1. The van der Waals surface area contributed by atoms with E-state index in [2.05, 4.69) is 4.90 Å². The van der Waals surface area contributed by atoms with Gasteiger partial charge in [-0.2, -0.15) is 0 Å². The molecule has 0 aromatic rings. The van der Waals surface area contributed by atoms with Gasteiger partial charge in [-0.3, -0.25) is 14.5 Å². The van der Waals surface area contributed by atoms with E-state index < -0.39 is 5.97 Å². The molecule has 1 aliphatic heterocycles. The summed E-state index contributed by atoms with van der Waals surface area (Å²) in [5.41, 5.74) is 0. The molecule has 0 unspecified atom stereocenters. The van der Waals surface area contributed by atoms with Gasteiger partial charge in [0.25, 0.3) is 0 Å². The molecule has 1 heterocycles. The van der Waals surface area contributed by atoms with Crippen molar-refractivity contribution in [2.75, 3.05) is 33.7 Å². The summed E-state index contributed by atoms with van der Waals surface area (Å²) >= 11 is 0. The molecule has 0 aromatic heterocycles. The van der Waals surface area contributed by atoms with Crippen molar-refractivity contribution in [1.29, 1.82) is 0 Å². The molecule has 1 amide bonds. The largest absolute Gasteiger partial charge is 0.481 e. The predicted molar refractivity (Wildman–Crippen MR) is 60.1 cm³/mol. The zero-order valence-electron chi connectivity index (χ0n) is 9.98. The van der Waals surface area contributed by atoms with E-state index in [0.29, 0.717) is 6.54 Å². The fraction of sp³-hybridized carbons (Fsp3) is 0.818. The van der Waals surface area contributed by atoms with Gasteiger partial charge >= 0.3 is 5.97 Å². The number of carboxylic acids is 1. The maximum absolute atomic E-state index is 11.5. The first kappa shape index (κ1) is 13.0. The number of likely N-dealkylation sites (N-methyl/N-ethyl adjacent to an activating group) is 1. The second-order valence-electron chi connectivity index (χ2n) is 4.61. The first-order valence-electron chi connectivity index (χ1n) is 5.63. The van der Waals surface area contributed by atoms with E-state index in [-0.39, 0.29) is 18.2 Å². The number of carbonyl (C=O) groups is 2. The molecule has 0 saturated carbocycles. The molecule has 0 bridgehead atoms. The molecule has 0 aromatic carbocycles. The highest BCUT2D eigenvalue weighted by molar-refractivity contribution is 5.77. The third-order valence-electron chi connectivity index (χ3n) is 3.03. The van der Waals surface area contributed by atoms with E-state index in [4.69, 9.17) is 5.11 Å².